The minimum atomic E-state index is -1.11. The molecule has 1 aliphatic heterocycles. The van der Waals surface area contributed by atoms with Crippen LogP contribution in [0.4, 0.5) is 5.69 Å². The number of nitrogens with one attached hydrogen (secondary N) is 1. The molecule has 156 valence electrons. The molecular formula is C21H26N2O6. The van der Waals surface area contributed by atoms with Crippen LogP contribution in [-0.2, 0) is 23.9 Å². The predicted octanol–water partition coefficient (Wildman–Crippen LogP) is 2.13. The lowest BCUT2D eigenvalue weighted by atomic mass is 9.81. The number of hydrogen-bond donors (Lipinski definition) is 1. The van der Waals surface area contributed by atoms with Crippen molar-refractivity contribution < 1.29 is 28.7 Å². The fourth-order valence-corrected chi connectivity index (χ4v) is 3.98. The first kappa shape index (κ1) is 20.8. The first-order chi connectivity index (χ1) is 13.8. The van der Waals surface area contributed by atoms with E-state index in [1.54, 1.807) is 24.3 Å². The first-order valence-corrected chi connectivity index (χ1v) is 9.86. The lowest BCUT2D eigenvalue weighted by Gasteiger charge is -2.23. The Morgan fingerprint density at radius 1 is 1.07 bits per heavy atom. The zero-order valence-electron chi connectivity index (χ0n) is 16.8. The largest absolute Gasteiger partial charge is 0.495 e. The van der Waals surface area contributed by atoms with Gasteiger partial charge in [-0.3, -0.25) is 19.3 Å². The average molecular weight is 402 g/mol. The van der Waals surface area contributed by atoms with Gasteiger partial charge in [-0.05, 0) is 38.8 Å². The molecule has 0 spiro atoms. The van der Waals surface area contributed by atoms with Gasteiger partial charge < -0.3 is 14.8 Å². The Bertz CT molecular complexity index is 799. The fraction of sp³-hybridized carbons (Fsp3) is 0.524. The Labute approximate surface area is 169 Å². The number of carbonyl (C=O) groups excluding carboxylic acids is 4. The number of hydrogen-bond acceptors (Lipinski definition) is 6. The number of ether oxygens (including phenoxy) is 2. The maximum Gasteiger partial charge on any atom is 0.329 e. The van der Waals surface area contributed by atoms with Crippen molar-refractivity contribution in [2.24, 2.45) is 11.8 Å². The standard InChI is InChI=1S/C21H26N2O6/c1-12(23-19(25)14-8-4-5-9-15(14)20(23)26)21(27)29-13(2)18(24)22-16-10-6-7-11-17(16)28-3/h6-7,10-15H,4-5,8-9H2,1-3H3,(H,22,24)/t12-,13-,14-,15+/m0/s1. The molecule has 1 N–H and O–H groups in total. The molecule has 1 aromatic carbocycles. The average Bonchev–Trinajstić information content (AvgIpc) is 2.98. The molecular weight excluding hydrogens is 376 g/mol. The summed E-state index contributed by atoms with van der Waals surface area (Å²) in [6, 6.07) is 5.79. The Hall–Kier alpha value is -2.90. The zero-order chi connectivity index (χ0) is 21.1. The third kappa shape index (κ3) is 4.11. The van der Waals surface area contributed by atoms with Gasteiger partial charge in [0, 0.05) is 0 Å². The number of carbonyl (C=O) groups is 4. The van der Waals surface area contributed by atoms with Crippen molar-refractivity contribution in [2.75, 3.05) is 12.4 Å². The minimum absolute atomic E-state index is 0.310. The van der Waals surface area contributed by atoms with Crippen LogP contribution >= 0.6 is 0 Å². The Kier molecular flexibility index (Phi) is 6.20. The van der Waals surface area contributed by atoms with Crippen molar-refractivity contribution in [2.45, 2.75) is 51.7 Å². The topological polar surface area (TPSA) is 102 Å². The van der Waals surface area contributed by atoms with Gasteiger partial charge in [0.25, 0.3) is 5.91 Å². The summed E-state index contributed by atoms with van der Waals surface area (Å²) in [7, 11) is 1.48. The van der Waals surface area contributed by atoms with E-state index in [2.05, 4.69) is 5.32 Å². The number of para-hydroxylation sites is 2. The van der Waals surface area contributed by atoms with Crippen LogP contribution in [0.3, 0.4) is 0 Å². The van der Waals surface area contributed by atoms with Crippen molar-refractivity contribution in [1.82, 2.24) is 4.90 Å². The van der Waals surface area contributed by atoms with Crippen LogP contribution in [0.1, 0.15) is 39.5 Å². The molecule has 0 unspecified atom stereocenters. The van der Waals surface area contributed by atoms with Crippen molar-refractivity contribution in [3.63, 3.8) is 0 Å². The molecule has 1 aromatic rings. The molecule has 4 atom stereocenters. The molecule has 2 fully saturated rings. The second-order valence-electron chi connectivity index (χ2n) is 7.49. The van der Waals surface area contributed by atoms with Crippen LogP contribution in [0.15, 0.2) is 24.3 Å². The quantitative estimate of drug-likeness (QED) is 0.578. The summed E-state index contributed by atoms with van der Waals surface area (Å²) in [5.74, 6) is -2.14. The van der Waals surface area contributed by atoms with Crippen LogP contribution in [-0.4, -0.2) is 47.8 Å². The number of imide groups is 1. The molecule has 0 radical (unpaired) electrons. The molecule has 3 rings (SSSR count). The second-order valence-corrected chi connectivity index (χ2v) is 7.49. The van der Waals surface area contributed by atoms with Crippen LogP contribution in [0.2, 0.25) is 0 Å². The summed E-state index contributed by atoms with van der Waals surface area (Å²) in [6.45, 7) is 2.89. The number of benzene rings is 1. The SMILES string of the molecule is COc1ccccc1NC(=O)[C@H](C)OC(=O)[C@H](C)N1C(=O)[C@H]2CCCC[C@H]2C1=O. The number of anilines is 1. The second kappa shape index (κ2) is 8.63. The molecule has 2 aliphatic rings. The van der Waals surface area contributed by atoms with Gasteiger partial charge in [0.2, 0.25) is 11.8 Å². The Morgan fingerprint density at radius 2 is 1.66 bits per heavy atom. The van der Waals surface area contributed by atoms with Crippen LogP contribution in [0, 0.1) is 11.8 Å². The van der Waals surface area contributed by atoms with Crippen molar-refractivity contribution in [1.29, 1.82) is 0 Å². The van der Waals surface area contributed by atoms with E-state index < -0.39 is 24.0 Å². The van der Waals surface area contributed by atoms with Crippen molar-refractivity contribution in [3.05, 3.63) is 24.3 Å². The fourth-order valence-electron chi connectivity index (χ4n) is 3.98. The van der Waals surface area contributed by atoms with E-state index in [0.717, 1.165) is 17.7 Å². The number of nitrogens with zero attached hydrogens (tertiary/aromatic N) is 1. The van der Waals surface area contributed by atoms with Crippen LogP contribution < -0.4 is 10.1 Å². The van der Waals surface area contributed by atoms with Gasteiger partial charge in [-0.15, -0.1) is 0 Å². The van der Waals surface area contributed by atoms with Crippen molar-refractivity contribution >= 4 is 29.4 Å². The highest BCUT2D eigenvalue weighted by Gasteiger charge is 2.51. The first-order valence-electron chi connectivity index (χ1n) is 9.86. The van der Waals surface area contributed by atoms with Crippen LogP contribution in [0.5, 0.6) is 5.75 Å². The van der Waals surface area contributed by atoms with E-state index in [1.807, 2.05) is 0 Å². The third-order valence-electron chi connectivity index (χ3n) is 5.63. The summed E-state index contributed by atoms with van der Waals surface area (Å²) in [5.41, 5.74) is 0.449. The van der Waals surface area contributed by atoms with Crippen molar-refractivity contribution in [3.8, 4) is 5.75 Å². The summed E-state index contributed by atoms with van der Waals surface area (Å²) in [6.07, 6.45) is 2.06. The highest BCUT2D eigenvalue weighted by Crippen LogP contribution is 2.39. The van der Waals surface area contributed by atoms with E-state index in [4.69, 9.17) is 9.47 Å². The monoisotopic (exact) mass is 402 g/mol. The van der Waals surface area contributed by atoms with Gasteiger partial charge in [0.15, 0.2) is 6.10 Å². The summed E-state index contributed by atoms with van der Waals surface area (Å²) in [5, 5.41) is 2.64. The summed E-state index contributed by atoms with van der Waals surface area (Å²) in [4.78, 5) is 51.2. The zero-order valence-corrected chi connectivity index (χ0v) is 16.8. The summed E-state index contributed by atoms with van der Waals surface area (Å²) >= 11 is 0. The third-order valence-corrected chi connectivity index (χ3v) is 5.63. The van der Waals surface area contributed by atoms with E-state index in [1.165, 1.54) is 21.0 Å². The maximum atomic E-state index is 12.6. The Morgan fingerprint density at radius 3 is 2.24 bits per heavy atom. The summed E-state index contributed by atoms with van der Waals surface area (Å²) < 4.78 is 10.4. The Balaban J connectivity index is 1.62. The number of amides is 3. The van der Waals surface area contributed by atoms with Gasteiger partial charge >= 0.3 is 5.97 Å². The van der Waals surface area contributed by atoms with Crippen LogP contribution in [0.25, 0.3) is 0 Å². The highest BCUT2D eigenvalue weighted by atomic mass is 16.5. The predicted molar refractivity (Wildman–Crippen MR) is 104 cm³/mol. The van der Waals surface area contributed by atoms with E-state index in [9.17, 15) is 19.2 Å². The van der Waals surface area contributed by atoms with Gasteiger partial charge in [-0.25, -0.2) is 4.79 Å². The normalized spacial score (nSPS) is 23.2. The molecule has 0 aromatic heterocycles. The molecule has 3 amide bonds. The number of methoxy groups -OCH3 is 1. The molecule has 1 aliphatic carbocycles. The maximum absolute atomic E-state index is 12.6. The molecule has 1 saturated carbocycles. The molecule has 1 saturated heterocycles. The number of esters is 1. The van der Waals surface area contributed by atoms with E-state index in [0.29, 0.717) is 24.3 Å². The van der Waals surface area contributed by atoms with Gasteiger partial charge in [-0.2, -0.15) is 0 Å². The number of rotatable bonds is 6. The highest BCUT2D eigenvalue weighted by molar-refractivity contribution is 6.08. The molecule has 1 heterocycles. The lowest BCUT2D eigenvalue weighted by molar-refractivity contribution is -0.163. The van der Waals surface area contributed by atoms with Gasteiger partial charge in [-0.1, -0.05) is 25.0 Å². The molecule has 8 nitrogen and oxygen atoms in total. The van der Waals surface area contributed by atoms with E-state index in [-0.39, 0.29) is 23.7 Å². The van der Waals surface area contributed by atoms with Gasteiger partial charge in [0.05, 0.1) is 24.6 Å². The van der Waals surface area contributed by atoms with E-state index >= 15 is 0 Å². The lowest BCUT2D eigenvalue weighted by Crippen LogP contribution is -2.46. The minimum Gasteiger partial charge on any atom is -0.495 e. The molecule has 0 bridgehead atoms. The molecule has 29 heavy (non-hydrogen) atoms. The van der Waals surface area contributed by atoms with Gasteiger partial charge in [0.1, 0.15) is 11.8 Å². The molecule has 8 heteroatoms. The number of fused-ring (bicyclic) bond motifs is 1. The smallest absolute Gasteiger partial charge is 0.329 e. The number of likely N-dealkylation sites (tertiary alicyclic amines) is 1.